The molecule has 5 unspecified atom stereocenters. The van der Waals surface area contributed by atoms with E-state index in [0.29, 0.717) is 23.8 Å². The van der Waals surface area contributed by atoms with E-state index in [0.717, 1.165) is 6.42 Å². The summed E-state index contributed by atoms with van der Waals surface area (Å²) in [6.07, 6.45) is 1.07. The van der Waals surface area contributed by atoms with Crippen LogP contribution in [0.3, 0.4) is 0 Å². The number of nitrogens with two attached hydrogens (primary N) is 2. The van der Waals surface area contributed by atoms with Crippen molar-refractivity contribution < 1.29 is 0 Å². The highest BCUT2D eigenvalue weighted by Gasteiger charge is 2.42. The average Bonchev–Trinajstić information content (AvgIpc) is 1.99. The van der Waals surface area contributed by atoms with Crippen LogP contribution in [0.1, 0.15) is 34.1 Å². The Morgan fingerprint density at radius 1 is 1.25 bits per heavy atom. The summed E-state index contributed by atoms with van der Waals surface area (Å²) in [7, 11) is 0. The molecule has 0 aromatic heterocycles. The van der Waals surface area contributed by atoms with Gasteiger partial charge in [-0.1, -0.05) is 20.8 Å². The Labute approximate surface area is 75.7 Å². The standard InChI is InChI=1S/C10H22N2/c1-6-5-9(11)7(2)8(3)10(6,4)12/h6-9H,5,11-12H2,1-4H3. The number of hydrogen-bond donors (Lipinski definition) is 2. The molecular formula is C10H22N2. The number of hydrogen-bond acceptors (Lipinski definition) is 2. The highest BCUT2D eigenvalue weighted by molar-refractivity contribution is 4.99. The van der Waals surface area contributed by atoms with E-state index in [1.165, 1.54) is 0 Å². The van der Waals surface area contributed by atoms with Crippen LogP contribution in [0.2, 0.25) is 0 Å². The van der Waals surface area contributed by atoms with Crippen LogP contribution in [-0.2, 0) is 0 Å². The predicted molar refractivity (Wildman–Crippen MR) is 52.7 cm³/mol. The van der Waals surface area contributed by atoms with E-state index < -0.39 is 0 Å². The molecule has 1 aliphatic rings. The minimum atomic E-state index is -0.0325. The zero-order valence-corrected chi connectivity index (χ0v) is 8.67. The lowest BCUT2D eigenvalue weighted by atomic mass is 9.63. The molecule has 2 heteroatoms. The van der Waals surface area contributed by atoms with Gasteiger partial charge in [-0.15, -0.1) is 0 Å². The van der Waals surface area contributed by atoms with E-state index in [9.17, 15) is 0 Å². The largest absolute Gasteiger partial charge is 0.327 e. The first-order valence-electron chi connectivity index (χ1n) is 4.91. The second kappa shape index (κ2) is 3.00. The van der Waals surface area contributed by atoms with Gasteiger partial charge >= 0.3 is 0 Å². The Hall–Kier alpha value is -0.0800. The van der Waals surface area contributed by atoms with Crippen LogP contribution in [0.15, 0.2) is 0 Å². The molecule has 0 spiro atoms. The van der Waals surface area contributed by atoms with Gasteiger partial charge in [-0.3, -0.25) is 0 Å². The maximum Gasteiger partial charge on any atom is 0.0181 e. The lowest BCUT2D eigenvalue weighted by molar-refractivity contribution is 0.0836. The minimum Gasteiger partial charge on any atom is -0.327 e. The van der Waals surface area contributed by atoms with E-state index in [-0.39, 0.29) is 5.54 Å². The zero-order chi connectivity index (χ0) is 9.52. The fourth-order valence-electron chi connectivity index (χ4n) is 2.26. The van der Waals surface area contributed by atoms with Crippen molar-refractivity contribution in [1.29, 1.82) is 0 Å². The van der Waals surface area contributed by atoms with Crippen LogP contribution in [0, 0.1) is 17.8 Å². The summed E-state index contributed by atoms with van der Waals surface area (Å²) in [4.78, 5) is 0. The van der Waals surface area contributed by atoms with Crippen molar-refractivity contribution in [3.63, 3.8) is 0 Å². The summed E-state index contributed by atoms with van der Waals surface area (Å²) in [6.45, 7) is 8.81. The summed E-state index contributed by atoms with van der Waals surface area (Å²) >= 11 is 0. The monoisotopic (exact) mass is 170 g/mol. The van der Waals surface area contributed by atoms with Gasteiger partial charge in [0, 0.05) is 11.6 Å². The predicted octanol–water partition coefficient (Wildman–Crippen LogP) is 1.34. The second-order valence-electron chi connectivity index (χ2n) is 4.81. The van der Waals surface area contributed by atoms with Gasteiger partial charge in [-0.05, 0) is 31.1 Å². The van der Waals surface area contributed by atoms with Crippen molar-refractivity contribution in [2.24, 2.45) is 29.2 Å². The second-order valence-corrected chi connectivity index (χ2v) is 4.81. The van der Waals surface area contributed by atoms with Crippen molar-refractivity contribution in [3.8, 4) is 0 Å². The van der Waals surface area contributed by atoms with E-state index in [1.54, 1.807) is 0 Å². The van der Waals surface area contributed by atoms with Gasteiger partial charge in [0.2, 0.25) is 0 Å². The SMILES string of the molecule is CC1C(N)CC(C)C(C)(N)C1C. The Morgan fingerprint density at radius 2 is 1.75 bits per heavy atom. The third kappa shape index (κ3) is 1.38. The van der Waals surface area contributed by atoms with Crippen LogP contribution >= 0.6 is 0 Å². The van der Waals surface area contributed by atoms with Crippen molar-refractivity contribution in [2.45, 2.75) is 45.7 Å². The molecule has 2 nitrogen and oxygen atoms in total. The van der Waals surface area contributed by atoms with Crippen molar-refractivity contribution >= 4 is 0 Å². The maximum atomic E-state index is 6.26. The lowest BCUT2D eigenvalue weighted by Crippen LogP contribution is -2.59. The zero-order valence-electron chi connectivity index (χ0n) is 8.67. The van der Waals surface area contributed by atoms with Gasteiger partial charge in [0.15, 0.2) is 0 Å². The molecule has 0 aromatic carbocycles. The molecule has 12 heavy (non-hydrogen) atoms. The molecule has 1 rings (SSSR count). The van der Waals surface area contributed by atoms with Gasteiger partial charge in [0.1, 0.15) is 0 Å². The summed E-state index contributed by atoms with van der Waals surface area (Å²) in [5.41, 5.74) is 12.3. The van der Waals surface area contributed by atoms with Gasteiger partial charge < -0.3 is 11.5 Å². The molecule has 0 heterocycles. The smallest absolute Gasteiger partial charge is 0.0181 e. The van der Waals surface area contributed by atoms with Gasteiger partial charge in [0.25, 0.3) is 0 Å². The minimum absolute atomic E-state index is 0.0325. The van der Waals surface area contributed by atoms with Crippen LogP contribution < -0.4 is 11.5 Å². The maximum absolute atomic E-state index is 6.26. The topological polar surface area (TPSA) is 52.0 Å². The normalized spacial score (nSPS) is 55.5. The van der Waals surface area contributed by atoms with Crippen molar-refractivity contribution in [3.05, 3.63) is 0 Å². The number of rotatable bonds is 0. The first kappa shape index (κ1) is 10.0. The quantitative estimate of drug-likeness (QED) is 0.576. The summed E-state index contributed by atoms with van der Waals surface area (Å²) in [5, 5.41) is 0. The Morgan fingerprint density at radius 3 is 2.25 bits per heavy atom. The molecule has 0 saturated heterocycles. The van der Waals surface area contributed by atoms with Crippen LogP contribution in [0.4, 0.5) is 0 Å². The van der Waals surface area contributed by atoms with Crippen molar-refractivity contribution in [1.82, 2.24) is 0 Å². The van der Waals surface area contributed by atoms with E-state index >= 15 is 0 Å². The van der Waals surface area contributed by atoms with Gasteiger partial charge in [0.05, 0.1) is 0 Å². The molecule has 1 saturated carbocycles. The molecule has 1 aliphatic carbocycles. The Balaban J connectivity index is 2.80. The summed E-state index contributed by atoms with van der Waals surface area (Å²) in [5.74, 6) is 1.62. The molecule has 0 amide bonds. The molecule has 0 aromatic rings. The van der Waals surface area contributed by atoms with Gasteiger partial charge in [-0.2, -0.15) is 0 Å². The highest BCUT2D eigenvalue weighted by Crippen LogP contribution is 2.38. The molecule has 72 valence electrons. The molecule has 5 atom stereocenters. The third-order valence-electron chi connectivity index (χ3n) is 4.13. The fourth-order valence-corrected chi connectivity index (χ4v) is 2.26. The van der Waals surface area contributed by atoms with Crippen LogP contribution in [-0.4, -0.2) is 11.6 Å². The molecular weight excluding hydrogens is 148 g/mol. The molecule has 0 bridgehead atoms. The molecule has 1 fully saturated rings. The Bertz CT molecular complexity index is 165. The summed E-state index contributed by atoms with van der Waals surface area (Å²) in [6, 6.07) is 0.339. The van der Waals surface area contributed by atoms with Crippen LogP contribution in [0.5, 0.6) is 0 Å². The molecule has 0 radical (unpaired) electrons. The van der Waals surface area contributed by atoms with Crippen molar-refractivity contribution in [2.75, 3.05) is 0 Å². The summed E-state index contributed by atoms with van der Waals surface area (Å²) < 4.78 is 0. The van der Waals surface area contributed by atoms with Gasteiger partial charge in [-0.25, -0.2) is 0 Å². The van der Waals surface area contributed by atoms with E-state index in [4.69, 9.17) is 11.5 Å². The third-order valence-corrected chi connectivity index (χ3v) is 4.13. The average molecular weight is 170 g/mol. The molecule has 0 aliphatic heterocycles. The highest BCUT2D eigenvalue weighted by atomic mass is 14.8. The first-order chi connectivity index (χ1) is 5.37. The van der Waals surface area contributed by atoms with E-state index in [1.807, 2.05) is 0 Å². The van der Waals surface area contributed by atoms with Crippen LogP contribution in [0.25, 0.3) is 0 Å². The first-order valence-corrected chi connectivity index (χ1v) is 4.91. The Kier molecular flexibility index (Phi) is 2.50. The molecule has 4 N–H and O–H groups in total. The lowest BCUT2D eigenvalue weighted by Gasteiger charge is -2.48. The fraction of sp³-hybridized carbons (Fsp3) is 1.00. The van der Waals surface area contributed by atoms with E-state index in [2.05, 4.69) is 27.7 Å².